The summed E-state index contributed by atoms with van der Waals surface area (Å²) in [6, 6.07) is 16.9. The number of hydrogen-bond donors (Lipinski definition) is 2. The lowest BCUT2D eigenvalue weighted by Crippen LogP contribution is -2.37. The van der Waals surface area contributed by atoms with Crippen LogP contribution in [0.1, 0.15) is 17.5 Å². The van der Waals surface area contributed by atoms with E-state index in [0.29, 0.717) is 23.6 Å². The Morgan fingerprint density at radius 3 is 2.50 bits per heavy atom. The number of aromatic nitrogens is 4. The molecule has 4 rings (SSSR count). The fourth-order valence-corrected chi connectivity index (χ4v) is 3.59. The van der Waals surface area contributed by atoms with Gasteiger partial charge in [0.2, 0.25) is 5.95 Å². The predicted octanol–water partition coefficient (Wildman–Crippen LogP) is 2.22. The number of imidazole rings is 1. The highest BCUT2D eigenvalue weighted by molar-refractivity contribution is 5.83. The van der Waals surface area contributed by atoms with E-state index < -0.39 is 11.2 Å². The van der Waals surface area contributed by atoms with Crippen LogP contribution in [0.2, 0.25) is 0 Å². The maximum atomic E-state index is 12.9. The molecule has 0 unspecified atom stereocenters. The number of nitrogens with one attached hydrogen (secondary N) is 1. The molecule has 2 aromatic carbocycles. The summed E-state index contributed by atoms with van der Waals surface area (Å²) in [5.41, 5.74) is 4.38. The highest BCUT2D eigenvalue weighted by Gasteiger charge is 2.18. The molecule has 9 heteroatoms. The van der Waals surface area contributed by atoms with E-state index in [4.69, 9.17) is 0 Å². The first kappa shape index (κ1) is 21.1. The molecule has 2 aromatic heterocycles. The number of benzene rings is 2. The van der Waals surface area contributed by atoms with Crippen LogP contribution in [0.4, 0.5) is 5.95 Å². The molecule has 2 heterocycles. The Morgan fingerprint density at radius 1 is 1.03 bits per heavy atom. The van der Waals surface area contributed by atoms with Crippen LogP contribution in [-0.2, 0) is 27.1 Å². The van der Waals surface area contributed by atoms with Crippen molar-refractivity contribution in [1.82, 2.24) is 18.7 Å². The number of aryl methyl sites for hydroxylation is 3. The maximum absolute atomic E-state index is 12.9. The molecule has 0 bridgehead atoms. The molecule has 0 aliphatic carbocycles. The number of phenolic OH excluding ortho intramolecular Hbond substituents is 1. The average Bonchev–Trinajstić information content (AvgIpc) is 3.17. The van der Waals surface area contributed by atoms with Crippen LogP contribution >= 0.6 is 0 Å². The van der Waals surface area contributed by atoms with Crippen LogP contribution in [0.25, 0.3) is 11.2 Å². The van der Waals surface area contributed by atoms with E-state index in [1.165, 1.54) is 23.4 Å². The van der Waals surface area contributed by atoms with Gasteiger partial charge in [-0.3, -0.25) is 13.9 Å². The van der Waals surface area contributed by atoms with Gasteiger partial charge in [0.1, 0.15) is 5.75 Å². The molecule has 32 heavy (non-hydrogen) atoms. The standard InChI is InChI=1S/C23H24N6O3/c1-27-20-19(21(31)28(2)23(27)32)29(14-8-11-16-9-4-3-5-10-16)22(25-20)26-24-15-17-12-6-7-13-18(17)30/h3-7,9-10,12-13,15,30H,8,11,14H2,1-2H3,(H,25,26)/b24-15+. The summed E-state index contributed by atoms with van der Waals surface area (Å²) in [4.78, 5) is 29.7. The zero-order valence-electron chi connectivity index (χ0n) is 17.9. The molecule has 0 saturated carbocycles. The van der Waals surface area contributed by atoms with E-state index in [-0.39, 0.29) is 11.4 Å². The molecule has 0 atom stereocenters. The summed E-state index contributed by atoms with van der Waals surface area (Å²) in [5, 5.41) is 14.1. The first-order chi connectivity index (χ1) is 15.5. The molecule has 0 aliphatic heterocycles. The third kappa shape index (κ3) is 4.04. The van der Waals surface area contributed by atoms with Gasteiger partial charge >= 0.3 is 5.69 Å². The van der Waals surface area contributed by atoms with Crippen LogP contribution in [0.15, 0.2) is 69.3 Å². The molecule has 2 N–H and O–H groups in total. The summed E-state index contributed by atoms with van der Waals surface area (Å²) in [6.07, 6.45) is 3.06. The summed E-state index contributed by atoms with van der Waals surface area (Å²) >= 11 is 0. The van der Waals surface area contributed by atoms with Gasteiger partial charge in [-0.1, -0.05) is 42.5 Å². The third-order valence-electron chi connectivity index (χ3n) is 5.34. The minimum absolute atomic E-state index is 0.102. The molecule has 0 fully saturated rings. The van der Waals surface area contributed by atoms with Crippen molar-refractivity contribution in [2.75, 3.05) is 5.43 Å². The van der Waals surface area contributed by atoms with Gasteiger partial charge in [0.15, 0.2) is 11.2 Å². The Hall–Kier alpha value is -4.14. The topological polar surface area (TPSA) is 106 Å². The fourth-order valence-electron chi connectivity index (χ4n) is 3.59. The highest BCUT2D eigenvalue weighted by Crippen LogP contribution is 2.18. The Balaban J connectivity index is 1.70. The number of hydrogen-bond acceptors (Lipinski definition) is 6. The molecule has 4 aromatic rings. The summed E-state index contributed by atoms with van der Waals surface area (Å²) < 4.78 is 4.18. The number of nitrogens with zero attached hydrogens (tertiary/aromatic N) is 5. The number of rotatable bonds is 7. The van der Waals surface area contributed by atoms with Gasteiger partial charge in [0.05, 0.1) is 6.21 Å². The van der Waals surface area contributed by atoms with Gasteiger partial charge in [-0.15, -0.1) is 0 Å². The number of hydrazone groups is 1. The Bertz CT molecular complexity index is 1400. The number of phenols is 1. The van der Waals surface area contributed by atoms with Gasteiger partial charge in [-0.25, -0.2) is 10.2 Å². The second kappa shape index (κ2) is 8.93. The molecule has 0 amide bonds. The Morgan fingerprint density at radius 2 is 1.75 bits per heavy atom. The minimum Gasteiger partial charge on any atom is -0.507 e. The van der Waals surface area contributed by atoms with Crippen molar-refractivity contribution in [3.05, 3.63) is 86.6 Å². The zero-order chi connectivity index (χ0) is 22.7. The van der Waals surface area contributed by atoms with Crippen molar-refractivity contribution in [2.24, 2.45) is 19.2 Å². The van der Waals surface area contributed by atoms with E-state index >= 15 is 0 Å². The summed E-state index contributed by atoms with van der Waals surface area (Å²) in [5.74, 6) is 0.448. The summed E-state index contributed by atoms with van der Waals surface area (Å²) in [6.45, 7) is 0.507. The van der Waals surface area contributed by atoms with Crippen molar-refractivity contribution >= 4 is 23.3 Å². The van der Waals surface area contributed by atoms with Crippen LogP contribution in [0.5, 0.6) is 5.75 Å². The SMILES string of the molecule is Cn1c(=O)c2c(nc(N/N=C/c3ccccc3O)n2CCCc2ccccc2)n(C)c1=O. The largest absolute Gasteiger partial charge is 0.507 e. The van der Waals surface area contributed by atoms with Crippen molar-refractivity contribution in [1.29, 1.82) is 0 Å². The van der Waals surface area contributed by atoms with E-state index in [9.17, 15) is 14.7 Å². The average molecular weight is 432 g/mol. The van der Waals surface area contributed by atoms with Crippen molar-refractivity contribution < 1.29 is 5.11 Å². The summed E-state index contributed by atoms with van der Waals surface area (Å²) in [7, 11) is 3.04. The lowest BCUT2D eigenvalue weighted by molar-refractivity contribution is 0.474. The molecule has 0 radical (unpaired) electrons. The second-order valence-electron chi connectivity index (χ2n) is 7.48. The van der Waals surface area contributed by atoms with Gasteiger partial charge in [0.25, 0.3) is 5.56 Å². The van der Waals surface area contributed by atoms with Gasteiger partial charge in [-0.2, -0.15) is 10.1 Å². The molecule has 9 nitrogen and oxygen atoms in total. The van der Waals surface area contributed by atoms with Crippen LogP contribution in [0, 0.1) is 0 Å². The molecule has 0 saturated heterocycles. The van der Waals surface area contributed by atoms with E-state index in [0.717, 1.165) is 17.4 Å². The molecule has 0 aliphatic rings. The van der Waals surface area contributed by atoms with Crippen LogP contribution < -0.4 is 16.7 Å². The molecule has 164 valence electrons. The molecule has 0 spiro atoms. The first-order valence-electron chi connectivity index (χ1n) is 10.2. The highest BCUT2D eigenvalue weighted by atomic mass is 16.3. The monoisotopic (exact) mass is 432 g/mol. The Labute approximate surface area is 183 Å². The zero-order valence-corrected chi connectivity index (χ0v) is 17.9. The van der Waals surface area contributed by atoms with E-state index in [2.05, 4.69) is 27.6 Å². The number of anilines is 1. The number of para-hydroxylation sites is 1. The smallest absolute Gasteiger partial charge is 0.332 e. The number of fused-ring (bicyclic) bond motifs is 1. The van der Waals surface area contributed by atoms with Crippen molar-refractivity contribution in [3.63, 3.8) is 0 Å². The molecular weight excluding hydrogens is 408 g/mol. The van der Waals surface area contributed by atoms with Crippen molar-refractivity contribution in [3.8, 4) is 5.75 Å². The normalized spacial score (nSPS) is 11.4. The van der Waals surface area contributed by atoms with Gasteiger partial charge < -0.3 is 9.67 Å². The minimum atomic E-state index is -0.444. The third-order valence-corrected chi connectivity index (χ3v) is 5.34. The lowest BCUT2D eigenvalue weighted by atomic mass is 10.1. The number of aromatic hydroxyl groups is 1. The quantitative estimate of drug-likeness (QED) is 0.344. The lowest BCUT2D eigenvalue weighted by Gasteiger charge is -2.09. The van der Waals surface area contributed by atoms with Gasteiger partial charge in [-0.05, 0) is 30.5 Å². The Kier molecular flexibility index (Phi) is 5.89. The maximum Gasteiger partial charge on any atom is 0.332 e. The second-order valence-corrected chi connectivity index (χ2v) is 7.48. The van der Waals surface area contributed by atoms with E-state index in [1.807, 2.05) is 18.2 Å². The van der Waals surface area contributed by atoms with Gasteiger partial charge in [0, 0.05) is 26.2 Å². The first-order valence-corrected chi connectivity index (χ1v) is 10.2. The predicted molar refractivity (Wildman–Crippen MR) is 124 cm³/mol. The fraction of sp³-hybridized carbons (Fsp3) is 0.217. The molecular formula is C23H24N6O3. The van der Waals surface area contributed by atoms with Crippen molar-refractivity contribution in [2.45, 2.75) is 19.4 Å². The van der Waals surface area contributed by atoms with E-state index in [1.54, 1.807) is 35.9 Å². The van der Waals surface area contributed by atoms with Crippen LogP contribution in [-0.4, -0.2) is 30.0 Å². The van der Waals surface area contributed by atoms with Crippen LogP contribution in [0.3, 0.4) is 0 Å².